The Morgan fingerprint density at radius 3 is 2.80 bits per heavy atom. The number of ether oxygens (including phenoxy) is 3. The monoisotopic (exact) mass is 421 g/mol. The van der Waals surface area contributed by atoms with Gasteiger partial charge >= 0.3 is 5.97 Å². The van der Waals surface area contributed by atoms with Gasteiger partial charge in [-0.2, -0.15) is 5.26 Å². The molecule has 0 saturated carbocycles. The molecule has 3 fully saturated rings. The fourth-order valence-corrected chi connectivity index (χ4v) is 4.41. The molecule has 0 aliphatic carbocycles. The molecule has 0 aromatic carbocycles. The van der Waals surface area contributed by atoms with Crippen LogP contribution in [0.2, 0.25) is 0 Å². The number of nitrogens with one attached hydrogen (secondary N) is 2. The minimum absolute atomic E-state index is 0.0480. The molecule has 2 N–H and O–H groups in total. The number of amides is 2. The van der Waals surface area contributed by atoms with E-state index in [-0.39, 0.29) is 54.8 Å². The van der Waals surface area contributed by atoms with Crippen LogP contribution in [0.5, 0.6) is 0 Å². The summed E-state index contributed by atoms with van der Waals surface area (Å²) in [6, 6.07) is 1.30. The molecule has 166 valence electrons. The van der Waals surface area contributed by atoms with Crippen LogP contribution in [0.4, 0.5) is 0 Å². The van der Waals surface area contributed by atoms with Gasteiger partial charge in [-0.3, -0.25) is 14.4 Å². The number of nitrogens with zero attached hydrogens (tertiary/aromatic N) is 1. The zero-order valence-electron chi connectivity index (χ0n) is 17.6. The Morgan fingerprint density at radius 2 is 2.13 bits per heavy atom. The van der Waals surface area contributed by atoms with E-state index >= 15 is 0 Å². The Morgan fingerprint density at radius 1 is 1.33 bits per heavy atom. The van der Waals surface area contributed by atoms with E-state index in [0.29, 0.717) is 32.6 Å². The standard InChI is InChI=1S/C21H31N3O6/c1-12(2)7-14(9-18(25)30-17-11-29-21-16(17)4-6-28-21)20(27)24-15(10-22)8-13-3-5-23-19(13)26/h12-17,21H,3-9,11H2,1-2H3,(H,23,26)(H,24,27)/t13-,14+,15-,16-,17-,21+/m0/s1. The molecule has 3 aliphatic rings. The lowest BCUT2D eigenvalue weighted by molar-refractivity contribution is -0.153. The Hall–Kier alpha value is -2.18. The van der Waals surface area contributed by atoms with Crippen molar-refractivity contribution < 1.29 is 28.6 Å². The van der Waals surface area contributed by atoms with Gasteiger partial charge in [0.25, 0.3) is 0 Å². The Kier molecular flexibility index (Phi) is 7.67. The van der Waals surface area contributed by atoms with Gasteiger partial charge in [0.15, 0.2) is 6.29 Å². The van der Waals surface area contributed by atoms with E-state index in [1.165, 1.54) is 0 Å². The first kappa shape index (κ1) is 22.5. The summed E-state index contributed by atoms with van der Waals surface area (Å²) in [5.41, 5.74) is 0. The van der Waals surface area contributed by atoms with Gasteiger partial charge in [0.05, 0.1) is 31.6 Å². The number of carbonyl (C=O) groups excluding carboxylic acids is 3. The fourth-order valence-electron chi connectivity index (χ4n) is 4.41. The fraction of sp³-hybridized carbons (Fsp3) is 0.810. The zero-order valence-corrected chi connectivity index (χ0v) is 17.6. The molecule has 0 bridgehead atoms. The summed E-state index contributed by atoms with van der Waals surface area (Å²) < 4.78 is 16.5. The van der Waals surface area contributed by atoms with E-state index in [1.807, 2.05) is 13.8 Å². The number of nitriles is 1. The molecule has 0 aromatic heterocycles. The third-order valence-electron chi connectivity index (χ3n) is 5.96. The molecule has 6 atom stereocenters. The van der Waals surface area contributed by atoms with Crippen LogP contribution in [0.25, 0.3) is 0 Å². The van der Waals surface area contributed by atoms with Gasteiger partial charge in [-0.25, -0.2) is 0 Å². The highest BCUT2D eigenvalue weighted by molar-refractivity contribution is 5.84. The van der Waals surface area contributed by atoms with Crippen molar-refractivity contribution in [3.8, 4) is 6.07 Å². The van der Waals surface area contributed by atoms with Crippen molar-refractivity contribution in [3.05, 3.63) is 0 Å². The third kappa shape index (κ3) is 5.70. The van der Waals surface area contributed by atoms with E-state index < -0.39 is 17.9 Å². The van der Waals surface area contributed by atoms with Gasteiger partial charge in [-0.05, 0) is 31.6 Å². The van der Waals surface area contributed by atoms with Crippen LogP contribution in [0.3, 0.4) is 0 Å². The van der Waals surface area contributed by atoms with E-state index in [2.05, 4.69) is 16.7 Å². The van der Waals surface area contributed by atoms with E-state index in [9.17, 15) is 19.6 Å². The van der Waals surface area contributed by atoms with Crippen molar-refractivity contribution in [2.75, 3.05) is 19.8 Å². The second-order valence-corrected chi connectivity index (χ2v) is 8.79. The van der Waals surface area contributed by atoms with Gasteiger partial charge in [-0.1, -0.05) is 13.8 Å². The Labute approximate surface area is 176 Å². The van der Waals surface area contributed by atoms with E-state index in [4.69, 9.17) is 14.2 Å². The van der Waals surface area contributed by atoms with Crippen LogP contribution in [0, 0.1) is 35.0 Å². The maximum Gasteiger partial charge on any atom is 0.306 e. The van der Waals surface area contributed by atoms with Crippen LogP contribution in [0.15, 0.2) is 0 Å². The van der Waals surface area contributed by atoms with Crippen LogP contribution in [-0.4, -0.2) is 56.0 Å². The molecule has 3 saturated heterocycles. The number of hydrogen-bond donors (Lipinski definition) is 2. The molecular formula is C21H31N3O6. The summed E-state index contributed by atoms with van der Waals surface area (Å²) in [6.45, 7) is 5.44. The number of rotatable bonds is 9. The van der Waals surface area contributed by atoms with Gasteiger partial charge in [0, 0.05) is 18.4 Å². The summed E-state index contributed by atoms with van der Waals surface area (Å²) in [5, 5.41) is 14.9. The molecule has 3 aliphatic heterocycles. The summed E-state index contributed by atoms with van der Waals surface area (Å²) in [5.74, 6) is -1.50. The van der Waals surface area contributed by atoms with Gasteiger partial charge in [0.1, 0.15) is 12.1 Å². The molecule has 0 radical (unpaired) electrons. The van der Waals surface area contributed by atoms with E-state index in [0.717, 1.165) is 6.42 Å². The van der Waals surface area contributed by atoms with Crippen molar-refractivity contribution in [1.82, 2.24) is 10.6 Å². The second kappa shape index (κ2) is 10.2. The number of hydrogen-bond acceptors (Lipinski definition) is 7. The zero-order chi connectivity index (χ0) is 21.7. The molecule has 3 heterocycles. The van der Waals surface area contributed by atoms with Gasteiger partial charge < -0.3 is 24.8 Å². The first-order chi connectivity index (χ1) is 14.4. The Balaban J connectivity index is 1.54. The van der Waals surface area contributed by atoms with Crippen molar-refractivity contribution in [1.29, 1.82) is 5.26 Å². The molecular weight excluding hydrogens is 390 g/mol. The van der Waals surface area contributed by atoms with Crippen molar-refractivity contribution in [2.24, 2.45) is 23.7 Å². The molecule has 30 heavy (non-hydrogen) atoms. The van der Waals surface area contributed by atoms with Crippen molar-refractivity contribution in [2.45, 2.75) is 64.4 Å². The third-order valence-corrected chi connectivity index (χ3v) is 5.96. The maximum absolute atomic E-state index is 12.8. The Bertz CT molecular complexity index is 691. The van der Waals surface area contributed by atoms with Crippen LogP contribution in [-0.2, 0) is 28.6 Å². The van der Waals surface area contributed by atoms with Gasteiger partial charge in [0.2, 0.25) is 11.8 Å². The first-order valence-corrected chi connectivity index (χ1v) is 10.8. The predicted molar refractivity (Wildman–Crippen MR) is 105 cm³/mol. The molecule has 3 rings (SSSR count). The minimum Gasteiger partial charge on any atom is -0.459 e. The maximum atomic E-state index is 12.8. The highest BCUT2D eigenvalue weighted by Gasteiger charge is 2.44. The van der Waals surface area contributed by atoms with Crippen molar-refractivity contribution >= 4 is 17.8 Å². The molecule has 9 heteroatoms. The summed E-state index contributed by atoms with van der Waals surface area (Å²) in [4.78, 5) is 37.2. The lowest BCUT2D eigenvalue weighted by Crippen LogP contribution is -2.41. The molecule has 2 amide bonds. The normalized spacial score (nSPS) is 29.7. The number of carbonyl (C=O) groups is 3. The van der Waals surface area contributed by atoms with Crippen LogP contribution < -0.4 is 10.6 Å². The highest BCUT2D eigenvalue weighted by atomic mass is 16.7. The quantitative estimate of drug-likeness (QED) is 0.529. The van der Waals surface area contributed by atoms with Crippen LogP contribution in [0.1, 0.15) is 46.0 Å². The average molecular weight is 421 g/mol. The minimum atomic E-state index is -0.767. The molecule has 0 spiro atoms. The summed E-state index contributed by atoms with van der Waals surface area (Å²) in [6.07, 6.45) is 1.51. The number of esters is 1. The average Bonchev–Trinajstić information content (AvgIpc) is 3.40. The van der Waals surface area contributed by atoms with E-state index in [1.54, 1.807) is 0 Å². The smallest absolute Gasteiger partial charge is 0.306 e. The largest absolute Gasteiger partial charge is 0.459 e. The highest BCUT2D eigenvalue weighted by Crippen LogP contribution is 2.33. The number of fused-ring (bicyclic) bond motifs is 1. The first-order valence-electron chi connectivity index (χ1n) is 10.8. The summed E-state index contributed by atoms with van der Waals surface area (Å²) >= 11 is 0. The van der Waals surface area contributed by atoms with Gasteiger partial charge in [-0.15, -0.1) is 0 Å². The lowest BCUT2D eigenvalue weighted by atomic mass is 9.92. The second-order valence-electron chi connectivity index (χ2n) is 8.79. The lowest BCUT2D eigenvalue weighted by Gasteiger charge is -2.22. The molecule has 0 unspecified atom stereocenters. The van der Waals surface area contributed by atoms with Crippen molar-refractivity contribution in [3.63, 3.8) is 0 Å². The molecule has 9 nitrogen and oxygen atoms in total. The topological polar surface area (TPSA) is 127 Å². The summed E-state index contributed by atoms with van der Waals surface area (Å²) in [7, 11) is 0. The van der Waals surface area contributed by atoms with Crippen LogP contribution >= 0.6 is 0 Å². The molecule has 0 aromatic rings. The predicted octanol–water partition coefficient (Wildman–Crippen LogP) is 0.878. The SMILES string of the molecule is CC(C)C[C@H](CC(=O)O[C@H]1CO[C@H]2OCC[C@H]21)C(=O)N[C@H](C#N)C[C@@H]1CCNC1=O.